The van der Waals surface area contributed by atoms with E-state index in [1.165, 1.54) is 44.6 Å². The molecule has 0 unspecified atom stereocenters. The highest BCUT2D eigenvalue weighted by atomic mass is 32.2. The average molecular weight is 448 g/mol. The quantitative estimate of drug-likeness (QED) is 0.205. The number of nitrogens with zero attached hydrogens (tertiary/aromatic N) is 1. The van der Waals surface area contributed by atoms with E-state index in [2.05, 4.69) is 63.9 Å². The maximum absolute atomic E-state index is 7.55. The lowest BCUT2D eigenvalue weighted by Crippen LogP contribution is -1.95. The summed E-state index contributed by atoms with van der Waals surface area (Å²) < 4.78 is 0. The minimum atomic E-state index is 0.875. The molecule has 0 spiro atoms. The second-order valence-corrected chi connectivity index (χ2v) is 8.99. The van der Waals surface area contributed by atoms with E-state index in [1.54, 1.807) is 11.8 Å². The van der Waals surface area contributed by atoms with Gasteiger partial charge in [0.25, 0.3) is 0 Å². The number of nitrogens with one attached hydrogen (secondary N) is 3. The van der Waals surface area contributed by atoms with Crippen molar-refractivity contribution in [2.75, 3.05) is 25.7 Å². The highest BCUT2D eigenvalue weighted by Crippen LogP contribution is 2.46. The monoisotopic (exact) mass is 447 g/mol. The first kappa shape index (κ1) is 21.4. The number of rotatable bonds is 5. The molecule has 31 heavy (non-hydrogen) atoms. The van der Waals surface area contributed by atoms with Crippen molar-refractivity contribution in [3.63, 3.8) is 0 Å². The Morgan fingerprint density at radius 3 is 2.55 bits per heavy atom. The van der Waals surface area contributed by atoms with Crippen molar-refractivity contribution in [1.29, 1.82) is 5.41 Å². The molecule has 0 radical (unpaired) electrons. The molecule has 2 aromatic heterocycles. The number of benzene rings is 2. The van der Waals surface area contributed by atoms with Crippen LogP contribution in [0.25, 0.3) is 33.0 Å². The highest BCUT2D eigenvalue weighted by Gasteiger charge is 2.28. The molecule has 7 heteroatoms. The van der Waals surface area contributed by atoms with Gasteiger partial charge < -0.3 is 16.5 Å². The summed E-state index contributed by atoms with van der Waals surface area (Å²) >= 11 is 3.64. The van der Waals surface area contributed by atoms with Gasteiger partial charge in [0.1, 0.15) is 0 Å². The minimum Gasteiger partial charge on any atom is -0.388 e. The number of aromatic amines is 1. The molecule has 0 bridgehead atoms. The van der Waals surface area contributed by atoms with E-state index >= 15 is 0 Å². The zero-order valence-electron chi connectivity index (χ0n) is 17.7. The average Bonchev–Trinajstić information content (AvgIpc) is 3.51. The Morgan fingerprint density at radius 2 is 1.87 bits per heavy atom. The van der Waals surface area contributed by atoms with Gasteiger partial charge in [-0.1, -0.05) is 24.3 Å². The molecule has 5 nitrogen and oxygen atoms in total. The molecule has 158 valence electrons. The number of thiophene rings is 1. The van der Waals surface area contributed by atoms with Gasteiger partial charge in [-0.2, -0.15) is 5.10 Å². The van der Waals surface area contributed by atoms with Gasteiger partial charge in [0.05, 0.1) is 11.4 Å². The van der Waals surface area contributed by atoms with Crippen LogP contribution in [0.4, 0.5) is 5.69 Å². The third-order valence-electron chi connectivity index (χ3n) is 5.41. The van der Waals surface area contributed by atoms with Crippen LogP contribution < -0.4 is 11.1 Å². The van der Waals surface area contributed by atoms with E-state index in [9.17, 15) is 0 Å². The number of aromatic nitrogens is 2. The zero-order chi connectivity index (χ0) is 22.0. The molecule has 1 aliphatic rings. The summed E-state index contributed by atoms with van der Waals surface area (Å²) in [4.78, 5) is 3.98. The predicted octanol–water partition coefficient (Wildman–Crippen LogP) is 5.71. The number of anilines is 1. The molecule has 0 atom stereocenters. The number of hydrogen-bond donors (Lipinski definition) is 4. The van der Waals surface area contributed by atoms with E-state index < -0.39 is 0 Å². The van der Waals surface area contributed by atoms with Gasteiger partial charge in [-0.25, -0.2) is 0 Å². The number of H-pyrrole nitrogens is 1. The first-order valence-electron chi connectivity index (χ1n) is 9.97. The minimum absolute atomic E-state index is 0.875. The van der Waals surface area contributed by atoms with E-state index in [-0.39, 0.29) is 0 Å². The summed E-state index contributed by atoms with van der Waals surface area (Å²) in [5.74, 6) is 0. The Labute approximate surface area is 190 Å². The Kier molecular flexibility index (Phi) is 6.27. The lowest BCUT2D eigenvalue weighted by atomic mass is 10.0. The van der Waals surface area contributed by atoms with Gasteiger partial charge in [-0.15, -0.1) is 23.1 Å². The summed E-state index contributed by atoms with van der Waals surface area (Å²) in [6, 6.07) is 17.1. The largest absolute Gasteiger partial charge is 0.388 e. The fourth-order valence-corrected chi connectivity index (χ4v) is 5.47. The number of fused-ring (bicyclic) bond motifs is 3. The van der Waals surface area contributed by atoms with Crippen LogP contribution in [0.15, 0.2) is 53.4 Å². The molecule has 4 aromatic rings. The van der Waals surface area contributed by atoms with Crippen molar-refractivity contribution in [3.05, 3.63) is 64.5 Å². The van der Waals surface area contributed by atoms with Gasteiger partial charge in [-0.05, 0) is 43.1 Å². The SMILES string of the molecule is CN.CNc1cc(-c2n[nH]c3c2Cc2sc(-c4ccc(SC)cc4)cc2-3)ccc1C=N. The van der Waals surface area contributed by atoms with Crippen LogP contribution in [0, 0.1) is 5.41 Å². The second-order valence-electron chi connectivity index (χ2n) is 6.97. The third kappa shape index (κ3) is 3.80. The summed E-state index contributed by atoms with van der Waals surface area (Å²) in [6.45, 7) is 0. The van der Waals surface area contributed by atoms with Crippen LogP contribution >= 0.6 is 23.1 Å². The van der Waals surface area contributed by atoms with Gasteiger partial charge in [0, 0.05) is 62.3 Å². The molecule has 0 fully saturated rings. The van der Waals surface area contributed by atoms with Crippen molar-refractivity contribution in [2.24, 2.45) is 5.73 Å². The fraction of sp³-hybridized carbons (Fsp3) is 0.167. The molecule has 0 aliphatic heterocycles. The van der Waals surface area contributed by atoms with Gasteiger partial charge >= 0.3 is 0 Å². The fourth-order valence-electron chi connectivity index (χ4n) is 3.87. The molecule has 0 saturated heterocycles. The number of thioether (sulfide) groups is 1. The standard InChI is InChI=1S/C23H20N4S2.CH5N/c1-25-19-9-14(3-4-15(19)12-24)22-18-11-21-17(23(18)27-26-22)10-20(29-21)13-5-7-16(28-2)8-6-13;1-2/h3-10,12,24-25H,11H2,1-2H3,(H,26,27);2H2,1H3. The summed E-state index contributed by atoms with van der Waals surface area (Å²) in [7, 11) is 3.38. The Morgan fingerprint density at radius 1 is 1.13 bits per heavy atom. The van der Waals surface area contributed by atoms with Crippen molar-refractivity contribution in [1.82, 2.24) is 10.2 Å². The molecule has 5 N–H and O–H groups in total. The maximum Gasteiger partial charge on any atom is 0.0963 e. The second kappa shape index (κ2) is 9.09. The third-order valence-corrected chi connectivity index (χ3v) is 7.34. The Balaban J connectivity index is 0.00000112. The molecular formula is C24H25N5S2. The lowest BCUT2D eigenvalue weighted by Gasteiger charge is -2.07. The van der Waals surface area contributed by atoms with Crippen LogP contribution in [-0.4, -0.2) is 36.8 Å². The highest BCUT2D eigenvalue weighted by molar-refractivity contribution is 7.98. The van der Waals surface area contributed by atoms with Crippen molar-refractivity contribution in [3.8, 4) is 33.0 Å². The van der Waals surface area contributed by atoms with Gasteiger partial charge in [0.15, 0.2) is 0 Å². The van der Waals surface area contributed by atoms with Crippen LogP contribution in [0.5, 0.6) is 0 Å². The number of hydrogen-bond acceptors (Lipinski definition) is 6. The van der Waals surface area contributed by atoms with Crippen LogP contribution in [-0.2, 0) is 6.42 Å². The normalized spacial score (nSPS) is 11.4. The van der Waals surface area contributed by atoms with Crippen LogP contribution in [0.2, 0.25) is 0 Å². The van der Waals surface area contributed by atoms with E-state index in [0.29, 0.717) is 0 Å². The Bertz CT molecular complexity index is 1220. The van der Waals surface area contributed by atoms with E-state index in [0.717, 1.165) is 34.6 Å². The molecular weight excluding hydrogens is 422 g/mol. The van der Waals surface area contributed by atoms with Crippen molar-refractivity contribution >= 4 is 35.0 Å². The van der Waals surface area contributed by atoms with Crippen LogP contribution in [0.3, 0.4) is 0 Å². The van der Waals surface area contributed by atoms with E-state index in [1.807, 2.05) is 30.5 Å². The molecule has 1 aliphatic carbocycles. The topological polar surface area (TPSA) is 90.6 Å². The zero-order valence-corrected chi connectivity index (χ0v) is 19.4. The van der Waals surface area contributed by atoms with Crippen molar-refractivity contribution < 1.29 is 0 Å². The predicted molar refractivity (Wildman–Crippen MR) is 135 cm³/mol. The summed E-state index contributed by atoms with van der Waals surface area (Å²) in [5.41, 5.74) is 13.3. The first-order valence-corrected chi connectivity index (χ1v) is 12.0. The van der Waals surface area contributed by atoms with Gasteiger partial charge in [-0.3, -0.25) is 5.10 Å². The summed E-state index contributed by atoms with van der Waals surface area (Å²) in [6.07, 6.45) is 4.38. The maximum atomic E-state index is 7.55. The molecule has 0 saturated carbocycles. The molecule has 2 aromatic carbocycles. The van der Waals surface area contributed by atoms with E-state index in [4.69, 9.17) is 5.41 Å². The summed E-state index contributed by atoms with van der Waals surface area (Å²) in [5, 5.41) is 18.6. The molecule has 0 amide bonds. The first-order chi connectivity index (χ1) is 15.2. The van der Waals surface area contributed by atoms with Crippen LogP contribution in [0.1, 0.15) is 16.0 Å². The van der Waals surface area contributed by atoms with Crippen molar-refractivity contribution in [2.45, 2.75) is 11.3 Å². The Hall–Kier alpha value is -2.87. The molecule has 5 rings (SSSR count). The number of nitrogens with two attached hydrogens (primary N) is 1. The lowest BCUT2D eigenvalue weighted by molar-refractivity contribution is 1.10. The molecule has 2 heterocycles. The van der Waals surface area contributed by atoms with Gasteiger partial charge in [0.2, 0.25) is 0 Å². The smallest absolute Gasteiger partial charge is 0.0963 e.